The van der Waals surface area contributed by atoms with E-state index >= 15 is 0 Å². The molecule has 3 N–H and O–H groups in total. The van der Waals surface area contributed by atoms with Crippen molar-refractivity contribution in [3.8, 4) is 0 Å². The molecule has 21 heavy (non-hydrogen) atoms. The molecule has 0 fully saturated rings. The zero-order valence-corrected chi connectivity index (χ0v) is 12.8. The summed E-state index contributed by atoms with van der Waals surface area (Å²) in [6.07, 6.45) is 5.46. The molecule has 0 bridgehead atoms. The van der Waals surface area contributed by atoms with Crippen molar-refractivity contribution >= 4 is 17.3 Å². The van der Waals surface area contributed by atoms with Crippen LogP contribution in [0.15, 0.2) is 30.6 Å². The van der Waals surface area contributed by atoms with E-state index in [1.165, 1.54) is 0 Å². The van der Waals surface area contributed by atoms with Crippen LogP contribution in [0, 0.1) is 6.92 Å². The first-order chi connectivity index (χ1) is 10.0. The van der Waals surface area contributed by atoms with Crippen LogP contribution in [0.2, 0.25) is 0 Å². The second-order valence-electron chi connectivity index (χ2n) is 5.24. The minimum atomic E-state index is -0.300. The number of nitrogen functional groups attached to an aromatic ring is 1. The van der Waals surface area contributed by atoms with Gasteiger partial charge in [-0.15, -0.1) is 0 Å². The average Bonchev–Trinajstić information content (AvgIpc) is 2.89. The number of amides is 1. The van der Waals surface area contributed by atoms with Gasteiger partial charge in [0.1, 0.15) is 11.9 Å². The van der Waals surface area contributed by atoms with E-state index in [1.807, 2.05) is 36.7 Å². The lowest BCUT2D eigenvalue weighted by atomic mass is 10.1. The van der Waals surface area contributed by atoms with Crippen LogP contribution in [-0.4, -0.2) is 15.5 Å². The maximum atomic E-state index is 12.4. The molecule has 0 spiro atoms. The highest BCUT2D eigenvalue weighted by molar-refractivity contribution is 5.94. The predicted octanol–water partition coefficient (Wildman–Crippen LogP) is 2.93. The standard InChI is InChI=1S/C16H22N4O/c1-4-5-15-18-8-9-20(15)12(3)16(21)19-14-7-6-13(17)10-11(14)2/h6-10,12H,4-5,17H2,1-3H3,(H,19,21). The van der Waals surface area contributed by atoms with Crippen LogP contribution in [-0.2, 0) is 11.2 Å². The molecule has 2 rings (SSSR count). The highest BCUT2D eigenvalue weighted by atomic mass is 16.2. The maximum absolute atomic E-state index is 12.4. The van der Waals surface area contributed by atoms with Gasteiger partial charge in [-0.3, -0.25) is 4.79 Å². The second kappa shape index (κ2) is 6.43. The summed E-state index contributed by atoms with van der Waals surface area (Å²) in [4.78, 5) is 16.7. The van der Waals surface area contributed by atoms with Crippen LogP contribution in [0.5, 0.6) is 0 Å². The molecule has 5 nitrogen and oxygen atoms in total. The smallest absolute Gasteiger partial charge is 0.247 e. The Morgan fingerprint density at radius 3 is 2.90 bits per heavy atom. The Morgan fingerprint density at radius 2 is 2.24 bits per heavy atom. The fourth-order valence-corrected chi connectivity index (χ4v) is 2.30. The molecule has 0 aliphatic heterocycles. The van der Waals surface area contributed by atoms with Crippen LogP contribution < -0.4 is 11.1 Å². The zero-order valence-electron chi connectivity index (χ0n) is 12.8. The quantitative estimate of drug-likeness (QED) is 0.830. The largest absolute Gasteiger partial charge is 0.399 e. The average molecular weight is 286 g/mol. The van der Waals surface area contributed by atoms with Gasteiger partial charge in [-0.2, -0.15) is 0 Å². The lowest BCUT2D eigenvalue weighted by Gasteiger charge is -2.17. The molecule has 0 saturated carbocycles. The predicted molar refractivity (Wildman–Crippen MR) is 85.2 cm³/mol. The van der Waals surface area contributed by atoms with Crippen LogP contribution in [0.25, 0.3) is 0 Å². The monoisotopic (exact) mass is 286 g/mol. The molecule has 2 aromatic rings. The lowest BCUT2D eigenvalue weighted by Crippen LogP contribution is -2.25. The van der Waals surface area contributed by atoms with Gasteiger partial charge in [0.2, 0.25) is 5.91 Å². The summed E-state index contributed by atoms with van der Waals surface area (Å²) in [7, 11) is 0. The molecular formula is C16H22N4O. The van der Waals surface area contributed by atoms with Crippen molar-refractivity contribution in [2.45, 2.75) is 39.7 Å². The third kappa shape index (κ3) is 3.42. The molecular weight excluding hydrogens is 264 g/mol. The fourth-order valence-electron chi connectivity index (χ4n) is 2.30. The van der Waals surface area contributed by atoms with Crippen molar-refractivity contribution in [2.75, 3.05) is 11.1 Å². The summed E-state index contributed by atoms with van der Waals surface area (Å²) in [6, 6.07) is 5.16. The summed E-state index contributed by atoms with van der Waals surface area (Å²) in [6.45, 7) is 5.90. The van der Waals surface area contributed by atoms with Gasteiger partial charge in [-0.25, -0.2) is 4.98 Å². The highest BCUT2D eigenvalue weighted by Gasteiger charge is 2.18. The lowest BCUT2D eigenvalue weighted by molar-refractivity contribution is -0.118. The molecule has 1 heterocycles. The van der Waals surface area contributed by atoms with E-state index in [4.69, 9.17) is 5.73 Å². The van der Waals surface area contributed by atoms with E-state index in [0.29, 0.717) is 5.69 Å². The van der Waals surface area contributed by atoms with Crippen molar-refractivity contribution < 1.29 is 4.79 Å². The summed E-state index contributed by atoms with van der Waals surface area (Å²) in [5.74, 6) is 0.882. The minimum Gasteiger partial charge on any atom is -0.399 e. The van der Waals surface area contributed by atoms with Crippen molar-refractivity contribution in [2.24, 2.45) is 0 Å². The molecule has 0 radical (unpaired) electrons. The molecule has 0 aliphatic carbocycles. The van der Waals surface area contributed by atoms with Gasteiger partial charge in [0.25, 0.3) is 0 Å². The van der Waals surface area contributed by atoms with Gasteiger partial charge in [-0.1, -0.05) is 6.92 Å². The number of aromatic nitrogens is 2. The first-order valence-corrected chi connectivity index (χ1v) is 7.21. The third-order valence-electron chi connectivity index (χ3n) is 3.53. The second-order valence-corrected chi connectivity index (χ2v) is 5.24. The van der Waals surface area contributed by atoms with Gasteiger partial charge in [0.05, 0.1) is 0 Å². The van der Waals surface area contributed by atoms with Crippen molar-refractivity contribution in [3.05, 3.63) is 42.0 Å². The summed E-state index contributed by atoms with van der Waals surface area (Å²) in [5.41, 5.74) is 8.16. The number of anilines is 2. The number of aryl methyl sites for hydroxylation is 2. The van der Waals surface area contributed by atoms with Gasteiger partial charge in [-0.05, 0) is 44.0 Å². The van der Waals surface area contributed by atoms with E-state index in [9.17, 15) is 4.79 Å². The number of benzene rings is 1. The van der Waals surface area contributed by atoms with E-state index in [0.717, 1.165) is 29.9 Å². The summed E-state index contributed by atoms with van der Waals surface area (Å²) >= 11 is 0. The number of hydrogen-bond acceptors (Lipinski definition) is 3. The first kappa shape index (κ1) is 15.1. The third-order valence-corrected chi connectivity index (χ3v) is 3.53. The van der Waals surface area contributed by atoms with Crippen LogP contribution in [0.4, 0.5) is 11.4 Å². The molecule has 1 unspecified atom stereocenters. The molecule has 1 amide bonds. The number of hydrogen-bond donors (Lipinski definition) is 2. The SMILES string of the molecule is CCCc1nccn1C(C)C(=O)Nc1ccc(N)cc1C. The van der Waals surface area contributed by atoms with Gasteiger partial charge in [0, 0.05) is 30.2 Å². The van der Waals surface area contributed by atoms with E-state index in [-0.39, 0.29) is 11.9 Å². The van der Waals surface area contributed by atoms with Gasteiger partial charge < -0.3 is 15.6 Å². The Kier molecular flexibility index (Phi) is 4.62. The Morgan fingerprint density at radius 1 is 1.48 bits per heavy atom. The van der Waals surface area contributed by atoms with Crippen molar-refractivity contribution in [1.82, 2.24) is 9.55 Å². The Hall–Kier alpha value is -2.30. The van der Waals surface area contributed by atoms with E-state index in [2.05, 4.69) is 17.2 Å². The topological polar surface area (TPSA) is 72.9 Å². The summed E-state index contributed by atoms with van der Waals surface area (Å²) < 4.78 is 1.92. The normalized spacial score (nSPS) is 12.1. The molecule has 1 atom stereocenters. The molecule has 5 heteroatoms. The highest BCUT2D eigenvalue weighted by Crippen LogP contribution is 2.20. The number of imidazole rings is 1. The number of rotatable bonds is 5. The van der Waals surface area contributed by atoms with Crippen molar-refractivity contribution in [3.63, 3.8) is 0 Å². The molecule has 112 valence electrons. The number of carbonyl (C=O) groups is 1. The molecule has 1 aromatic heterocycles. The number of nitrogens with one attached hydrogen (secondary N) is 1. The van der Waals surface area contributed by atoms with Crippen LogP contribution in [0.1, 0.15) is 37.7 Å². The number of carbonyl (C=O) groups excluding carboxylic acids is 1. The van der Waals surface area contributed by atoms with Gasteiger partial charge in [0.15, 0.2) is 0 Å². The number of nitrogens with two attached hydrogens (primary N) is 1. The fraction of sp³-hybridized carbons (Fsp3) is 0.375. The van der Waals surface area contributed by atoms with E-state index < -0.39 is 0 Å². The zero-order chi connectivity index (χ0) is 15.4. The Labute approximate surface area is 125 Å². The Bertz CT molecular complexity index is 633. The van der Waals surface area contributed by atoms with Gasteiger partial charge >= 0.3 is 0 Å². The molecule has 0 saturated heterocycles. The number of nitrogens with zero attached hydrogens (tertiary/aromatic N) is 2. The van der Waals surface area contributed by atoms with E-state index in [1.54, 1.807) is 12.3 Å². The molecule has 1 aromatic carbocycles. The van der Waals surface area contributed by atoms with Crippen LogP contribution >= 0.6 is 0 Å². The maximum Gasteiger partial charge on any atom is 0.247 e. The summed E-state index contributed by atoms with van der Waals surface area (Å²) in [5, 5.41) is 2.95. The van der Waals surface area contributed by atoms with Crippen LogP contribution in [0.3, 0.4) is 0 Å². The molecule has 0 aliphatic rings. The Balaban J connectivity index is 2.14. The van der Waals surface area contributed by atoms with Crippen molar-refractivity contribution in [1.29, 1.82) is 0 Å². The minimum absolute atomic E-state index is 0.0572. The first-order valence-electron chi connectivity index (χ1n) is 7.21.